The average molecular weight is 270 g/mol. The highest BCUT2D eigenvalue weighted by atomic mass is 35.5. The molecule has 2 rings (SSSR count). The van der Waals surface area contributed by atoms with Gasteiger partial charge in [0.2, 0.25) is 0 Å². The van der Waals surface area contributed by atoms with E-state index in [1.165, 1.54) is 30.3 Å². The van der Waals surface area contributed by atoms with Crippen molar-refractivity contribution < 1.29 is 13.9 Å². The van der Waals surface area contributed by atoms with Gasteiger partial charge in [-0.25, -0.2) is 8.78 Å². The summed E-state index contributed by atoms with van der Waals surface area (Å²) in [7, 11) is 0. The number of hydrogen-bond donors (Lipinski definition) is 2. The van der Waals surface area contributed by atoms with E-state index in [0.29, 0.717) is 22.8 Å². The molecule has 2 nitrogen and oxygen atoms in total. The van der Waals surface area contributed by atoms with Crippen LogP contribution in [0.4, 0.5) is 14.5 Å². The Kier molecular flexibility index (Phi) is 3.67. The van der Waals surface area contributed by atoms with E-state index in [0.717, 1.165) is 0 Å². The quantitative estimate of drug-likeness (QED) is 0.828. The summed E-state index contributed by atoms with van der Waals surface area (Å²) in [6.45, 7) is 0.337. The maximum Gasteiger partial charge on any atom is 0.166 e. The van der Waals surface area contributed by atoms with Gasteiger partial charge in [-0.15, -0.1) is 0 Å². The van der Waals surface area contributed by atoms with Gasteiger partial charge in [-0.3, -0.25) is 0 Å². The number of hydrogen-bond acceptors (Lipinski definition) is 2. The van der Waals surface area contributed by atoms with E-state index in [-0.39, 0.29) is 0 Å². The van der Waals surface area contributed by atoms with Crippen molar-refractivity contribution >= 4 is 17.3 Å². The molecule has 0 bridgehead atoms. The molecule has 0 aliphatic heterocycles. The van der Waals surface area contributed by atoms with Crippen molar-refractivity contribution in [3.05, 3.63) is 58.6 Å². The molecule has 0 spiro atoms. The summed E-state index contributed by atoms with van der Waals surface area (Å²) >= 11 is 5.86. The van der Waals surface area contributed by atoms with Crippen LogP contribution >= 0.6 is 11.6 Å². The van der Waals surface area contributed by atoms with E-state index < -0.39 is 17.4 Å². The third kappa shape index (κ3) is 2.90. The maximum absolute atomic E-state index is 13.1. The molecule has 0 aromatic heterocycles. The zero-order valence-electron chi connectivity index (χ0n) is 9.25. The standard InChI is InChI=1S/C13H10ClF2NO/c14-11-5-9(15)2-1-8(11)7-17-10-3-4-13(18)12(16)6-10/h1-6,17-18H,7H2. The number of halogens is 3. The average Bonchev–Trinajstić information content (AvgIpc) is 2.32. The number of anilines is 1. The first kappa shape index (κ1) is 12.6. The second kappa shape index (κ2) is 5.23. The number of phenolic OH excluding ortho intramolecular Hbond substituents is 1. The Balaban J connectivity index is 2.09. The van der Waals surface area contributed by atoms with E-state index in [1.807, 2.05) is 0 Å². The number of benzene rings is 2. The molecular formula is C13H10ClF2NO. The Bertz CT molecular complexity index is 575. The van der Waals surface area contributed by atoms with Gasteiger partial charge in [0.1, 0.15) is 5.82 Å². The maximum atomic E-state index is 13.1. The molecule has 2 aromatic carbocycles. The summed E-state index contributed by atoms with van der Waals surface area (Å²) in [6.07, 6.45) is 0. The first-order valence-corrected chi connectivity index (χ1v) is 5.60. The van der Waals surface area contributed by atoms with Crippen molar-refractivity contribution in [2.24, 2.45) is 0 Å². The largest absolute Gasteiger partial charge is 0.505 e. The van der Waals surface area contributed by atoms with Crippen LogP contribution in [0.5, 0.6) is 5.75 Å². The molecule has 0 heterocycles. The van der Waals surface area contributed by atoms with Gasteiger partial charge in [0.15, 0.2) is 11.6 Å². The van der Waals surface area contributed by atoms with E-state index in [1.54, 1.807) is 6.07 Å². The third-order valence-corrected chi connectivity index (χ3v) is 2.80. The fraction of sp³-hybridized carbons (Fsp3) is 0.0769. The molecule has 0 aliphatic rings. The minimum Gasteiger partial charge on any atom is -0.505 e. The van der Waals surface area contributed by atoms with Crippen molar-refractivity contribution in [2.75, 3.05) is 5.32 Å². The summed E-state index contributed by atoms with van der Waals surface area (Å²) < 4.78 is 25.9. The van der Waals surface area contributed by atoms with Gasteiger partial charge < -0.3 is 10.4 Å². The highest BCUT2D eigenvalue weighted by molar-refractivity contribution is 6.31. The number of rotatable bonds is 3. The molecule has 18 heavy (non-hydrogen) atoms. The van der Waals surface area contributed by atoms with Gasteiger partial charge in [0.25, 0.3) is 0 Å². The molecule has 0 aliphatic carbocycles. The molecule has 0 amide bonds. The molecule has 2 N–H and O–H groups in total. The molecular weight excluding hydrogens is 260 g/mol. The van der Waals surface area contributed by atoms with E-state index in [2.05, 4.69) is 5.32 Å². The lowest BCUT2D eigenvalue weighted by Crippen LogP contribution is -2.00. The van der Waals surface area contributed by atoms with Gasteiger partial charge >= 0.3 is 0 Å². The summed E-state index contributed by atoms with van der Waals surface area (Å²) in [5, 5.41) is 12.3. The Hall–Kier alpha value is -1.81. The van der Waals surface area contributed by atoms with E-state index >= 15 is 0 Å². The normalized spacial score (nSPS) is 10.4. The van der Waals surface area contributed by atoms with Crippen LogP contribution in [0, 0.1) is 11.6 Å². The van der Waals surface area contributed by atoms with Crippen molar-refractivity contribution in [1.29, 1.82) is 0 Å². The minimum atomic E-state index is -0.704. The topological polar surface area (TPSA) is 32.3 Å². The lowest BCUT2D eigenvalue weighted by Gasteiger charge is -2.08. The summed E-state index contributed by atoms with van der Waals surface area (Å²) in [5.41, 5.74) is 1.21. The van der Waals surface area contributed by atoms with Gasteiger partial charge in [-0.2, -0.15) is 0 Å². The van der Waals surface area contributed by atoms with Crippen LogP contribution in [0.2, 0.25) is 5.02 Å². The Morgan fingerprint density at radius 2 is 1.89 bits per heavy atom. The monoisotopic (exact) mass is 269 g/mol. The van der Waals surface area contributed by atoms with Crippen LogP contribution in [-0.2, 0) is 6.54 Å². The number of phenols is 1. The van der Waals surface area contributed by atoms with Gasteiger partial charge in [-0.05, 0) is 29.8 Å². The molecule has 0 saturated heterocycles. The van der Waals surface area contributed by atoms with Gasteiger partial charge in [-0.1, -0.05) is 17.7 Å². The first-order valence-electron chi connectivity index (χ1n) is 5.22. The van der Waals surface area contributed by atoms with Crippen LogP contribution in [0.15, 0.2) is 36.4 Å². The fourth-order valence-electron chi connectivity index (χ4n) is 1.48. The number of nitrogens with one attached hydrogen (secondary N) is 1. The third-order valence-electron chi connectivity index (χ3n) is 2.45. The summed E-state index contributed by atoms with van der Waals surface area (Å²) in [4.78, 5) is 0. The fourth-order valence-corrected chi connectivity index (χ4v) is 1.71. The lowest BCUT2D eigenvalue weighted by molar-refractivity contribution is 0.432. The molecule has 2 aromatic rings. The minimum absolute atomic E-state index is 0.307. The second-order valence-electron chi connectivity index (χ2n) is 3.76. The van der Waals surface area contributed by atoms with Crippen LogP contribution in [-0.4, -0.2) is 5.11 Å². The summed E-state index contributed by atoms with van der Waals surface area (Å²) in [5.74, 6) is -1.51. The van der Waals surface area contributed by atoms with Crippen molar-refractivity contribution in [2.45, 2.75) is 6.54 Å². The predicted molar refractivity (Wildman–Crippen MR) is 66.8 cm³/mol. The molecule has 94 valence electrons. The van der Waals surface area contributed by atoms with Crippen molar-refractivity contribution in [3.8, 4) is 5.75 Å². The molecule has 0 unspecified atom stereocenters. The highest BCUT2D eigenvalue weighted by Crippen LogP contribution is 2.22. The zero-order chi connectivity index (χ0) is 13.1. The SMILES string of the molecule is Oc1ccc(NCc2ccc(F)cc2Cl)cc1F. The van der Waals surface area contributed by atoms with Gasteiger partial charge in [0, 0.05) is 23.3 Å². The Labute approximate surface area is 108 Å². The van der Waals surface area contributed by atoms with Crippen LogP contribution < -0.4 is 5.32 Å². The first-order chi connectivity index (χ1) is 8.56. The van der Waals surface area contributed by atoms with E-state index in [9.17, 15) is 8.78 Å². The molecule has 0 saturated carbocycles. The summed E-state index contributed by atoms with van der Waals surface area (Å²) in [6, 6.07) is 8.05. The molecule has 0 radical (unpaired) electrons. The van der Waals surface area contributed by atoms with Gasteiger partial charge in [0.05, 0.1) is 0 Å². The Morgan fingerprint density at radius 1 is 1.11 bits per heavy atom. The van der Waals surface area contributed by atoms with Crippen molar-refractivity contribution in [3.63, 3.8) is 0 Å². The van der Waals surface area contributed by atoms with Crippen LogP contribution in [0.1, 0.15) is 5.56 Å². The Morgan fingerprint density at radius 3 is 2.56 bits per heavy atom. The van der Waals surface area contributed by atoms with Crippen LogP contribution in [0.25, 0.3) is 0 Å². The smallest absolute Gasteiger partial charge is 0.166 e. The predicted octanol–water partition coefficient (Wildman–Crippen LogP) is 3.94. The van der Waals surface area contributed by atoms with Crippen molar-refractivity contribution in [1.82, 2.24) is 0 Å². The molecule has 5 heteroatoms. The lowest BCUT2D eigenvalue weighted by atomic mass is 10.2. The highest BCUT2D eigenvalue weighted by Gasteiger charge is 2.04. The molecule has 0 atom stereocenters. The number of aromatic hydroxyl groups is 1. The van der Waals surface area contributed by atoms with Crippen LogP contribution in [0.3, 0.4) is 0 Å². The van der Waals surface area contributed by atoms with E-state index in [4.69, 9.17) is 16.7 Å². The molecule has 0 fully saturated rings. The second-order valence-corrected chi connectivity index (χ2v) is 4.16. The zero-order valence-corrected chi connectivity index (χ0v) is 10.0.